The van der Waals surface area contributed by atoms with E-state index in [2.05, 4.69) is 52.9 Å². The number of hydrogen-bond donors (Lipinski definition) is 1. The lowest BCUT2D eigenvalue weighted by molar-refractivity contribution is 0.378. The lowest BCUT2D eigenvalue weighted by Crippen LogP contribution is -2.29. The van der Waals surface area contributed by atoms with Crippen molar-refractivity contribution in [1.29, 1.82) is 0 Å². The van der Waals surface area contributed by atoms with Gasteiger partial charge in [0.15, 0.2) is 0 Å². The van der Waals surface area contributed by atoms with Crippen molar-refractivity contribution in [2.75, 3.05) is 37.0 Å². The fourth-order valence-corrected chi connectivity index (χ4v) is 1.69. The SMILES string of the molecule is CCCNc1nc(OC)nc(N(CC)CC(C)C)n1. The molecular weight excluding hydrogens is 242 g/mol. The summed E-state index contributed by atoms with van der Waals surface area (Å²) in [5.41, 5.74) is 0. The maximum atomic E-state index is 5.15. The molecule has 1 aromatic heterocycles. The highest BCUT2D eigenvalue weighted by Gasteiger charge is 2.13. The van der Waals surface area contributed by atoms with Crippen LogP contribution in [-0.2, 0) is 0 Å². The summed E-state index contributed by atoms with van der Waals surface area (Å²) < 4.78 is 5.15. The first kappa shape index (κ1) is 15.5. The first-order valence-corrected chi connectivity index (χ1v) is 6.89. The standard InChI is InChI=1S/C13H25N5O/c1-6-8-14-11-15-12(17-13(16-11)19-5)18(7-2)9-10(3)4/h10H,6-9H2,1-5H3,(H,14,15,16,17). The van der Waals surface area contributed by atoms with Crippen molar-refractivity contribution in [1.82, 2.24) is 15.0 Å². The molecule has 0 unspecified atom stereocenters. The van der Waals surface area contributed by atoms with Crippen LogP contribution in [-0.4, -0.2) is 41.7 Å². The number of nitrogens with zero attached hydrogens (tertiary/aromatic N) is 4. The zero-order chi connectivity index (χ0) is 14.3. The molecule has 6 heteroatoms. The topological polar surface area (TPSA) is 63.2 Å². The largest absolute Gasteiger partial charge is 0.467 e. The van der Waals surface area contributed by atoms with Crippen molar-refractivity contribution >= 4 is 11.9 Å². The number of rotatable bonds is 8. The van der Waals surface area contributed by atoms with Gasteiger partial charge in [-0.1, -0.05) is 20.8 Å². The highest BCUT2D eigenvalue weighted by molar-refractivity contribution is 5.38. The smallest absolute Gasteiger partial charge is 0.322 e. The molecule has 1 rings (SSSR count). The Morgan fingerprint density at radius 2 is 1.95 bits per heavy atom. The number of nitrogens with one attached hydrogen (secondary N) is 1. The maximum Gasteiger partial charge on any atom is 0.322 e. The van der Waals surface area contributed by atoms with E-state index >= 15 is 0 Å². The Morgan fingerprint density at radius 3 is 2.47 bits per heavy atom. The van der Waals surface area contributed by atoms with Gasteiger partial charge in [0.05, 0.1) is 7.11 Å². The lowest BCUT2D eigenvalue weighted by atomic mass is 10.2. The summed E-state index contributed by atoms with van der Waals surface area (Å²) in [6.45, 7) is 11.2. The third-order valence-electron chi connectivity index (χ3n) is 2.57. The van der Waals surface area contributed by atoms with Gasteiger partial charge in [0.1, 0.15) is 0 Å². The molecule has 1 aromatic rings. The molecule has 0 aliphatic heterocycles. The molecule has 0 atom stereocenters. The van der Waals surface area contributed by atoms with Crippen LogP contribution >= 0.6 is 0 Å². The number of hydrogen-bond acceptors (Lipinski definition) is 6. The molecule has 6 nitrogen and oxygen atoms in total. The fourth-order valence-electron chi connectivity index (χ4n) is 1.69. The Hall–Kier alpha value is -1.59. The summed E-state index contributed by atoms with van der Waals surface area (Å²) in [6.07, 6.45) is 1.02. The van der Waals surface area contributed by atoms with Gasteiger partial charge in [-0.3, -0.25) is 0 Å². The van der Waals surface area contributed by atoms with E-state index in [1.807, 2.05) is 0 Å². The molecule has 0 saturated carbocycles. The number of aromatic nitrogens is 3. The number of ether oxygens (including phenoxy) is 1. The average molecular weight is 267 g/mol. The predicted octanol–water partition coefficient (Wildman–Crippen LogP) is 2.18. The van der Waals surface area contributed by atoms with E-state index < -0.39 is 0 Å². The summed E-state index contributed by atoms with van der Waals surface area (Å²) >= 11 is 0. The third kappa shape index (κ3) is 4.89. The zero-order valence-corrected chi connectivity index (χ0v) is 12.6. The Bertz CT molecular complexity index is 383. The number of methoxy groups -OCH3 is 1. The minimum absolute atomic E-state index is 0.353. The van der Waals surface area contributed by atoms with Crippen LogP contribution in [0.3, 0.4) is 0 Å². The summed E-state index contributed by atoms with van der Waals surface area (Å²) in [5, 5.41) is 3.17. The Morgan fingerprint density at radius 1 is 1.21 bits per heavy atom. The quantitative estimate of drug-likeness (QED) is 0.779. The molecule has 0 spiro atoms. The number of anilines is 2. The monoisotopic (exact) mass is 267 g/mol. The van der Waals surface area contributed by atoms with Gasteiger partial charge in [-0.15, -0.1) is 0 Å². The maximum absolute atomic E-state index is 5.15. The summed E-state index contributed by atoms with van der Waals surface area (Å²) in [6, 6.07) is 0.353. The van der Waals surface area contributed by atoms with Crippen LogP contribution in [0.1, 0.15) is 34.1 Å². The Kier molecular flexibility index (Phi) is 6.32. The second-order valence-electron chi connectivity index (χ2n) is 4.80. The Labute approximate surface area is 115 Å². The highest BCUT2D eigenvalue weighted by Crippen LogP contribution is 2.16. The van der Waals surface area contributed by atoms with Crippen LogP contribution in [0.2, 0.25) is 0 Å². The summed E-state index contributed by atoms with van der Waals surface area (Å²) in [5.74, 6) is 1.79. The average Bonchev–Trinajstić information content (AvgIpc) is 2.41. The molecule has 0 aromatic carbocycles. The van der Waals surface area contributed by atoms with Gasteiger partial charge in [-0.25, -0.2) is 0 Å². The van der Waals surface area contributed by atoms with Crippen molar-refractivity contribution in [2.45, 2.75) is 34.1 Å². The molecule has 0 bridgehead atoms. The van der Waals surface area contributed by atoms with Crippen molar-refractivity contribution in [3.8, 4) is 6.01 Å². The van der Waals surface area contributed by atoms with E-state index in [4.69, 9.17) is 4.74 Å². The van der Waals surface area contributed by atoms with Crippen LogP contribution in [0, 0.1) is 5.92 Å². The van der Waals surface area contributed by atoms with E-state index in [1.54, 1.807) is 7.11 Å². The Balaban J connectivity index is 2.96. The summed E-state index contributed by atoms with van der Waals surface area (Å²) in [7, 11) is 1.57. The van der Waals surface area contributed by atoms with Gasteiger partial charge in [0, 0.05) is 19.6 Å². The molecule has 1 N–H and O–H groups in total. The van der Waals surface area contributed by atoms with Crippen LogP contribution in [0.15, 0.2) is 0 Å². The second kappa shape index (κ2) is 7.76. The normalized spacial score (nSPS) is 10.6. The van der Waals surface area contributed by atoms with E-state index in [0.717, 1.165) is 26.1 Å². The molecule has 108 valence electrons. The third-order valence-corrected chi connectivity index (χ3v) is 2.57. The van der Waals surface area contributed by atoms with Gasteiger partial charge in [-0.05, 0) is 19.3 Å². The molecule has 0 amide bonds. The van der Waals surface area contributed by atoms with Crippen LogP contribution in [0.5, 0.6) is 6.01 Å². The summed E-state index contributed by atoms with van der Waals surface area (Å²) in [4.78, 5) is 15.1. The molecule has 0 fully saturated rings. The van der Waals surface area contributed by atoms with Crippen molar-refractivity contribution in [3.05, 3.63) is 0 Å². The first-order chi connectivity index (χ1) is 9.10. The van der Waals surface area contributed by atoms with Crippen molar-refractivity contribution in [2.24, 2.45) is 5.92 Å². The van der Waals surface area contributed by atoms with E-state index in [-0.39, 0.29) is 0 Å². The lowest BCUT2D eigenvalue weighted by Gasteiger charge is -2.23. The van der Waals surface area contributed by atoms with Crippen LogP contribution in [0.25, 0.3) is 0 Å². The second-order valence-corrected chi connectivity index (χ2v) is 4.80. The predicted molar refractivity (Wildman–Crippen MR) is 77.9 cm³/mol. The molecule has 0 aliphatic carbocycles. The van der Waals surface area contributed by atoms with Gasteiger partial charge in [0.25, 0.3) is 0 Å². The van der Waals surface area contributed by atoms with Crippen LogP contribution in [0.4, 0.5) is 11.9 Å². The van der Waals surface area contributed by atoms with Gasteiger partial charge in [-0.2, -0.15) is 15.0 Å². The minimum atomic E-state index is 0.353. The molecule has 0 radical (unpaired) electrons. The fraction of sp³-hybridized carbons (Fsp3) is 0.769. The first-order valence-electron chi connectivity index (χ1n) is 6.89. The minimum Gasteiger partial charge on any atom is -0.467 e. The van der Waals surface area contributed by atoms with E-state index in [9.17, 15) is 0 Å². The molecule has 0 aliphatic rings. The van der Waals surface area contributed by atoms with E-state index in [1.165, 1.54) is 0 Å². The molecular formula is C13H25N5O. The van der Waals surface area contributed by atoms with Crippen molar-refractivity contribution in [3.63, 3.8) is 0 Å². The molecule has 0 saturated heterocycles. The van der Waals surface area contributed by atoms with Gasteiger partial charge >= 0.3 is 6.01 Å². The van der Waals surface area contributed by atoms with Gasteiger partial charge in [0.2, 0.25) is 11.9 Å². The van der Waals surface area contributed by atoms with E-state index in [0.29, 0.717) is 23.8 Å². The molecule has 1 heterocycles. The van der Waals surface area contributed by atoms with Crippen LogP contribution < -0.4 is 15.0 Å². The highest BCUT2D eigenvalue weighted by atomic mass is 16.5. The van der Waals surface area contributed by atoms with Crippen molar-refractivity contribution < 1.29 is 4.74 Å². The molecule has 19 heavy (non-hydrogen) atoms. The van der Waals surface area contributed by atoms with Gasteiger partial charge < -0.3 is 15.0 Å². The zero-order valence-electron chi connectivity index (χ0n) is 12.6.